The fourth-order valence-electron chi connectivity index (χ4n) is 3.48. The molecule has 0 radical (unpaired) electrons. The number of para-hydroxylation sites is 1. The summed E-state index contributed by atoms with van der Waals surface area (Å²) in [6.45, 7) is 10.2. The number of ether oxygens (including phenoxy) is 2. The molecule has 0 amide bonds. The molecule has 0 saturated carbocycles. The molecule has 2 atom stereocenters. The summed E-state index contributed by atoms with van der Waals surface area (Å²) >= 11 is 0. The van der Waals surface area contributed by atoms with Crippen LogP contribution in [-0.2, 0) is 18.3 Å². The first kappa shape index (κ1) is 25.4. The molecular weight excluding hydrogens is 507 g/mol. The van der Waals surface area contributed by atoms with Crippen LogP contribution in [0.25, 0.3) is 0 Å². The third kappa shape index (κ3) is 6.55. The zero-order valence-corrected chi connectivity index (χ0v) is 21.6. The molecule has 0 spiro atoms. The predicted molar refractivity (Wildman–Crippen MR) is 133 cm³/mol. The molecular formula is C22H35IN6O2. The highest BCUT2D eigenvalue weighted by atomic mass is 127. The Kier molecular flexibility index (Phi) is 9.11. The molecule has 2 heterocycles. The van der Waals surface area contributed by atoms with Gasteiger partial charge in [0.1, 0.15) is 18.1 Å². The van der Waals surface area contributed by atoms with E-state index in [-0.39, 0.29) is 41.5 Å². The topological polar surface area (TPSA) is 85.6 Å². The van der Waals surface area contributed by atoms with Crippen LogP contribution in [-0.4, -0.2) is 47.1 Å². The zero-order chi connectivity index (χ0) is 21.7. The lowest BCUT2D eigenvalue weighted by molar-refractivity contribution is 0.0204. The van der Waals surface area contributed by atoms with E-state index in [2.05, 4.69) is 47.7 Å². The van der Waals surface area contributed by atoms with Crippen LogP contribution in [0.1, 0.15) is 50.4 Å². The van der Waals surface area contributed by atoms with Gasteiger partial charge in [-0.3, -0.25) is 0 Å². The molecule has 0 fully saturated rings. The van der Waals surface area contributed by atoms with Crippen molar-refractivity contribution in [2.24, 2.45) is 17.5 Å². The first-order valence-corrected chi connectivity index (χ1v) is 10.4. The molecule has 9 heteroatoms. The van der Waals surface area contributed by atoms with E-state index >= 15 is 0 Å². The van der Waals surface area contributed by atoms with Crippen LogP contribution in [0.5, 0.6) is 5.75 Å². The van der Waals surface area contributed by atoms with Gasteiger partial charge in [0.25, 0.3) is 0 Å². The average molecular weight is 542 g/mol. The van der Waals surface area contributed by atoms with E-state index in [0.29, 0.717) is 19.7 Å². The molecule has 3 rings (SSSR count). The third-order valence-electron chi connectivity index (χ3n) is 5.54. The van der Waals surface area contributed by atoms with Gasteiger partial charge in [0, 0.05) is 32.7 Å². The van der Waals surface area contributed by atoms with Crippen molar-refractivity contribution in [2.45, 2.75) is 52.8 Å². The van der Waals surface area contributed by atoms with Gasteiger partial charge in [-0.2, -0.15) is 0 Å². The van der Waals surface area contributed by atoms with Crippen LogP contribution < -0.4 is 15.4 Å². The summed E-state index contributed by atoms with van der Waals surface area (Å²) in [5.41, 5.74) is 1.16. The summed E-state index contributed by atoms with van der Waals surface area (Å²) in [4.78, 5) is 4.80. The van der Waals surface area contributed by atoms with Gasteiger partial charge in [-0.1, -0.05) is 39.0 Å². The van der Waals surface area contributed by atoms with Crippen molar-refractivity contribution in [2.75, 3.05) is 20.3 Å². The lowest BCUT2D eigenvalue weighted by Gasteiger charge is -2.31. The summed E-state index contributed by atoms with van der Waals surface area (Å²) in [7, 11) is 3.70. The Labute approximate surface area is 202 Å². The molecule has 0 saturated heterocycles. The number of methoxy groups -OCH3 is 1. The Morgan fingerprint density at radius 2 is 2.06 bits per heavy atom. The molecule has 0 aliphatic carbocycles. The first-order chi connectivity index (χ1) is 14.3. The van der Waals surface area contributed by atoms with E-state index in [1.807, 2.05) is 36.7 Å². The summed E-state index contributed by atoms with van der Waals surface area (Å²) in [5.74, 6) is 3.34. The fourth-order valence-corrected chi connectivity index (χ4v) is 3.48. The maximum Gasteiger partial charge on any atom is 0.192 e. The van der Waals surface area contributed by atoms with Crippen molar-refractivity contribution < 1.29 is 9.47 Å². The second-order valence-electron chi connectivity index (χ2n) is 8.73. The Morgan fingerprint density at radius 3 is 2.71 bits per heavy atom. The lowest BCUT2D eigenvalue weighted by Crippen LogP contribution is -2.46. The van der Waals surface area contributed by atoms with Crippen LogP contribution in [0.15, 0.2) is 29.3 Å². The number of hydrogen-bond acceptors (Lipinski definition) is 5. The third-order valence-corrected chi connectivity index (χ3v) is 5.54. The van der Waals surface area contributed by atoms with Crippen molar-refractivity contribution in [1.29, 1.82) is 0 Å². The van der Waals surface area contributed by atoms with Crippen molar-refractivity contribution in [1.82, 2.24) is 25.4 Å². The number of fused-ring (bicyclic) bond motifs is 1. The molecule has 2 unspecified atom stereocenters. The number of benzene rings is 1. The number of halogens is 1. The van der Waals surface area contributed by atoms with Crippen molar-refractivity contribution in [3.05, 3.63) is 41.5 Å². The SMILES string of the molecule is COC(CNC(=NCc1nnc(C)n1C)NC1CCOc2ccccc21)C(C)(C)C.I. The first-order valence-electron chi connectivity index (χ1n) is 10.4. The zero-order valence-electron chi connectivity index (χ0n) is 19.3. The average Bonchev–Trinajstić information content (AvgIpc) is 3.03. The van der Waals surface area contributed by atoms with E-state index in [9.17, 15) is 0 Å². The normalized spacial score (nSPS) is 17.2. The van der Waals surface area contributed by atoms with Gasteiger partial charge in [-0.05, 0) is 18.4 Å². The van der Waals surface area contributed by atoms with Crippen molar-refractivity contribution >= 4 is 29.9 Å². The van der Waals surface area contributed by atoms with Crippen LogP contribution in [0.2, 0.25) is 0 Å². The predicted octanol–water partition coefficient (Wildman–Crippen LogP) is 3.36. The van der Waals surface area contributed by atoms with Gasteiger partial charge in [-0.15, -0.1) is 34.2 Å². The van der Waals surface area contributed by atoms with Crippen LogP contribution in [0, 0.1) is 12.3 Å². The van der Waals surface area contributed by atoms with E-state index < -0.39 is 0 Å². The quantitative estimate of drug-likeness (QED) is 0.331. The van der Waals surface area contributed by atoms with Crippen molar-refractivity contribution in [3.8, 4) is 5.75 Å². The number of aryl methyl sites for hydroxylation is 1. The van der Waals surface area contributed by atoms with E-state index in [1.54, 1.807) is 7.11 Å². The Balaban J connectivity index is 0.00000341. The molecule has 0 bridgehead atoms. The standard InChI is InChI=1S/C22H34N6O2.HI/c1-15-26-27-20(28(15)5)14-24-21(23-13-19(29-6)22(2,3)4)25-17-11-12-30-18-10-8-7-9-16(17)18;/h7-10,17,19H,11-14H2,1-6H3,(H2,23,24,25);1H. The lowest BCUT2D eigenvalue weighted by atomic mass is 9.89. The number of nitrogens with one attached hydrogen (secondary N) is 2. The summed E-state index contributed by atoms with van der Waals surface area (Å²) in [5, 5.41) is 15.4. The maximum atomic E-state index is 5.80. The van der Waals surface area contributed by atoms with Gasteiger partial charge >= 0.3 is 0 Å². The van der Waals surface area contributed by atoms with E-state index in [0.717, 1.165) is 35.3 Å². The monoisotopic (exact) mass is 542 g/mol. The Hall–Kier alpha value is -1.88. The number of aromatic nitrogens is 3. The van der Waals surface area contributed by atoms with Gasteiger partial charge in [-0.25, -0.2) is 4.99 Å². The van der Waals surface area contributed by atoms with Gasteiger partial charge in [0.2, 0.25) is 0 Å². The molecule has 1 aliphatic rings. The second kappa shape index (κ2) is 11.1. The Morgan fingerprint density at radius 1 is 1.32 bits per heavy atom. The number of aliphatic imine (C=N–C) groups is 1. The number of nitrogens with zero attached hydrogens (tertiary/aromatic N) is 4. The molecule has 2 aromatic rings. The van der Waals surface area contributed by atoms with Crippen LogP contribution in [0.3, 0.4) is 0 Å². The van der Waals surface area contributed by atoms with Gasteiger partial charge in [0.05, 0.1) is 18.8 Å². The number of rotatable bonds is 6. The summed E-state index contributed by atoms with van der Waals surface area (Å²) in [6, 6.07) is 8.27. The molecule has 1 aromatic heterocycles. The fraction of sp³-hybridized carbons (Fsp3) is 0.591. The highest BCUT2D eigenvalue weighted by molar-refractivity contribution is 14.0. The molecule has 172 valence electrons. The van der Waals surface area contributed by atoms with Gasteiger partial charge in [0.15, 0.2) is 11.8 Å². The summed E-state index contributed by atoms with van der Waals surface area (Å²) in [6.07, 6.45) is 0.914. The van der Waals surface area contributed by atoms with E-state index in [4.69, 9.17) is 14.5 Å². The van der Waals surface area contributed by atoms with Crippen LogP contribution in [0.4, 0.5) is 0 Å². The van der Waals surface area contributed by atoms with Gasteiger partial charge < -0.3 is 24.7 Å². The highest BCUT2D eigenvalue weighted by Gasteiger charge is 2.26. The Bertz CT molecular complexity index is 877. The van der Waals surface area contributed by atoms with Crippen LogP contribution >= 0.6 is 24.0 Å². The maximum absolute atomic E-state index is 5.80. The minimum atomic E-state index is 0. The van der Waals surface area contributed by atoms with E-state index in [1.165, 1.54) is 0 Å². The van der Waals surface area contributed by atoms with Crippen molar-refractivity contribution in [3.63, 3.8) is 0 Å². The molecule has 1 aromatic carbocycles. The number of hydrogen-bond donors (Lipinski definition) is 2. The molecule has 31 heavy (non-hydrogen) atoms. The molecule has 1 aliphatic heterocycles. The highest BCUT2D eigenvalue weighted by Crippen LogP contribution is 2.31. The molecule has 8 nitrogen and oxygen atoms in total. The minimum Gasteiger partial charge on any atom is -0.493 e. The largest absolute Gasteiger partial charge is 0.493 e. The second-order valence-corrected chi connectivity index (χ2v) is 8.73. The number of guanidine groups is 1. The molecule has 2 N–H and O–H groups in total. The smallest absolute Gasteiger partial charge is 0.192 e. The minimum absolute atomic E-state index is 0. The summed E-state index contributed by atoms with van der Waals surface area (Å²) < 4.78 is 13.5.